The van der Waals surface area contributed by atoms with E-state index >= 15 is 0 Å². The molecule has 0 saturated carbocycles. The molecule has 0 aliphatic carbocycles. The Morgan fingerprint density at radius 3 is 2.48 bits per heavy atom. The van der Waals surface area contributed by atoms with Crippen LogP contribution in [-0.4, -0.2) is 13.2 Å². The van der Waals surface area contributed by atoms with Crippen molar-refractivity contribution in [3.8, 4) is 16.9 Å². The molecule has 0 spiro atoms. The monoisotopic (exact) mass is 406 g/mol. The molecule has 2 nitrogen and oxygen atoms in total. The predicted octanol–water partition coefficient (Wildman–Crippen LogP) is 7.22. The lowest BCUT2D eigenvalue weighted by Crippen LogP contribution is -2.21. The van der Waals surface area contributed by atoms with Gasteiger partial charge in [0.05, 0.1) is 19.3 Å². The first kappa shape index (κ1) is 21.7. The summed E-state index contributed by atoms with van der Waals surface area (Å²) in [6.45, 7) is 4.84. The summed E-state index contributed by atoms with van der Waals surface area (Å²) < 4.78 is 54.7. The number of benzene rings is 2. The summed E-state index contributed by atoms with van der Waals surface area (Å²) in [4.78, 5) is 0. The average molecular weight is 406 g/mol. The van der Waals surface area contributed by atoms with Crippen LogP contribution >= 0.6 is 0 Å². The Balaban J connectivity index is 1.73. The highest BCUT2D eigenvalue weighted by Gasteiger charge is 2.27. The quantitative estimate of drug-likeness (QED) is 0.431. The van der Waals surface area contributed by atoms with Crippen LogP contribution in [0.5, 0.6) is 5.75 Å². The van der Waals surface area contributed by atoms with Crippen molar-refractivity contribution in [1.82, 2.24) is 0 Å². The van der Waals surface area contributed by atoms with Crippen molar-refractivity contribution >= 4 is 0 Å². The lowest BCUT2D eigenvalue weighted by Gasteiger charge is -2.29. The highest BCUT2D eigenvalue weighted by atomic mass is 19.2. The van der Waals surface area contributed by atoms with Gasteiger partial charge in [0.2, 0.25) is 0 Å². The lowest BCUT2D eigenvalue weighted by atomic mass is 9.90. The normalized spacial score (nSPS) is 19.3. The molecule has 0 N–H and O–H groups in total. The Labute approximate surface area is 171 Å². The third-order valence-corrected chi connectivity index (χ3v) is 5.59. The first-order valence-electron chi connectivity index (χ1n) is 10.6. The van der Waals surface area contributed by atoms with E-state index in [2.05, 4.69) is 6.92 Å². The van der Waals surface area contributed by atoms with Crippen molar-refractivity contribution in [3.05, 3.63) is 53.3 Å². The summed E-state index contributed by atoms with van der Waals surface area (Å²) in [5, 5.41) is 0. The zero-order valence-electron chi connectivity index (χ0n) is 17.1. The lowest BCUT2D eigenvalue weighted by molar-refractivity contribution is -0.0218. The number of unbranched alkanes of at least 4 members (excludes halogenated alkanes) is 2. The molecule has 1 aliphatic heterocycles. The number of rotatable bonds is 8. The van der Waals surface area contributed by atoms with Crippen LogP contribution < -0.4 is 4.74 Å². The molecule has 2 atom stereocenters. The third-order valence-electron chi connectivity index (χ3n) is 5.59. The summed E-state index contributed by atoms with van der Waals surface area (Å²) in [5.74, 6) is -1.89. The largest absolute Gasteiger partial charge is 0.491 e. The van der Waals surface area contributed by atoms with Crippen LogP contribution in [0.25, 0.3) is 11.1 Å². The van der Waals surface area contributed by atoms with E-state index in [4.69, 9.17) is 9.47 Å². The van der Waals surface area contributed by atoms with Crippen LogP contribution in [0.2, 0.25) is 0 Å². The molecule has 0 aromatic heterocycles. The van der Waals surface area contributed by atoms with E-state index in [-0.39, 0.29) is 22.4 Å². The van der Waals surface area contributed by atoms with Gasteiger partial charge in [0.1, 0.15) is 0 Å². The highest BCUT2D eigenvalue weighted by Crippen LogP contribution is 2.37. The number of ether oxygens (including phenoxy) is 2. The third kappa shape index (κ3) is 5.13. The molecule has 1 heterocycles. The van der Waals surface area contributed by atoms with E-state index in [0.717, 1.165) is 12.8 Å². The van der Waals surface area contributed by atoms with E-state index in [1.54, 1.807) is 13.0 Å². The van der Waals surface area contributed by atoms with Gasteiger partial charge in [-0.1, -0.05) is 44.4 Å². The van der Waals surface area contributed by atoms with E-state index < -0.39 is 23.6 Å². The molecule has 0 amide bonds. The van der Waals surface area contributed by atoms with Crippen molar-refractivity contribution in [2.24, 2.45) is 5.92 Å². The second kappa shape index (κ2) is 10.1. The topological polar surface area (TPSA) is 18.5 Å². The van der Waals surface area contributed by atoms with Gasteiger partial charge in [-0.15, -0.1) is 0 Å². The summed E-state index contributed by atoms with van der Waals surface area (Å²) >= 11 is 0. The molecule has 0 radical (unpaired) electrons. The average Bonchev–Trinajstić information content (AvgIpc) is 2.73. The van der Waals surface area contributed by atoms with Crippen molar-refractivity contribution in [3.63, 3.8) is 0 Å². The smallest absolute Gasteiger partial charge is 0.167 e. The van der Waals surface area contributed by atoms with E-state index in [0.29, 0.717) is 25.6 Å². The maximum atomic E-state index is 14.8. The number of hydrogen-bond acceptors (Lipinski definition) is 2. The fourth-order valence-electron chi connectivity index (χ4n) is 3.94. The summed E-state index contributed by atoms with van der Waals surface area (Å²) in [5.41, 5.74) is 0.542. The standard InChI is InChI=1S/C24H29F3O2/c1-3-5-6-7-16-8-12-21(29-15-16)19-11-10-18(23(26)24(19)27)17-9-13-22(28-4-2)20(25)14-17/h9-11,13-14,16,21H,3-8,12,15H2,1-2H3. The maximum absolute atomic E-state index is 14.8. The van der Waals surface area contributed by atoms with Crippen LogP contribution in [0, 0.1) is 23.4 Å². The summed E-state index contributed by atoms with van der Waals surface area (Å²) in [6.07, 6.45) is 5.92. The number of halogens is 3. The zero-order chi connectivity index (χ0) is 20.8. The van der Waals surface area contributed by atoms with Gasteiger partial charge in [0.15, 0.2) is 23.2 Å². The minimum atomic E-state index is -0.972. The molecule has 1 fully saturated rings. The predicted molar refractivity (Wildman–Crippen MR) is 108 cm³/mol. The van der Waals surface area contributed by atoms with E-state index in [1.807, 2.05) is 0 Å². The van der Waals surface area contributed by atoms with Gasteiger partial charge in [-0.3, -0.25) is 0 Å². The second-order valence-electron chi connectivity index (χ2n) is 7.67. The minimum Gasteiger partial charge on any atom is -0.491 e. The molecule has 1 saturated heterocycles. The van der Waals surface area contributed by atoms with Gasteiger partial charge < -0.3 is 9.47 Å². The molecular formula is C24H29F3O2. The SMILES string of the molecule is CCCCCC1CCC(c2ccc(-c3ccc(OCC)c(F)c3)c(F)c2F)OC1. The maximum Gasteiger partial charge on any atom is 0.167 e. The van der Waals surface area contributed by atoms with Crippen molar-refractivity contribution in [2.45, 2.75) is 58.5 Å². The zero-order valence-corrected chi connectivity index (χ0v) is 17.1. The fraction of sp³-hybridized carbons (Fsp3) is 0.500. The molecule has 2 unspecified atom stereocenters. The Morgan fingerprint density at radius 1 is 1.00 bits per heavy atom. The summed E-state index contributed by atoms with van der Waals surface area (Å²) in [6, 6.07) is 7.19. The van der Waals surface area contributed by atoms with Gasteiger partial charge in [0, 0.05) is 11.1 Å². The fourth-order valence-corrected chi connectivity index (χ4v) is 3.94. The number of hydrogen-bond donors (Lipinski definition) is 0. The van der Waals surface area contributed by atoms with Crippen LogP contribution in [0.15, 0.2) is 30.3 Å². The molecule has 0 bridgehead atoms. The Morgan fingerprint density at radius 2 is 1.83 bits per heavy atom. The minimum absolute atomic E-state index is 0.0291. The summed E-state index contributed by atoms with van der Waals surface area (Å²) in [7, 11) is 0. The van der Waals surface area contributed by atoms with Crippen molar-refractivity contribution < 1.29 is 22.6 Å². The molecule has 5 heteroatoms. The molecule has 29 heavy (non-hydrogen) atoms. The van der Waals surface area contributed by atoms with Crippen molar-refractivity contribution in [2.75, 3.05) is 13.2 Å². The molecule has 158 valence electrons. The van der Waals surface area contributed by atoms with Gasteiger partial charge in [-0.25, -0.2) is 13.2 Å². The highest BCUT2D eigenvalue weighted by molar-refractivity contribution is 5.66. The Hall–Kier alpha value is -2.01. The molecule has 1 aliphatic rings. The molecule has 3 rings (SSSR count). The van der Waals surface area contributed by atoms with Gasteiger partial charge >= 0.3 is 0 Å². The molecule has 2 aromatic carbocycles. The first-order chi connectivity index (χ1) is 14.0. The van der Waals surface area contributed by atoms with E-state index in [1.165, 1.54) is 43.5 Å². The Bertz CT molecular complexity index is 814. The van der Waals surface area contributed by atoms with E-state index in [9.17, 15) is 13.2 Å². The van der Waals surface area contributed by atoms with Gasteiger partial charge in [0.25, 0.3) is 0 Å². The van der Waals surface area contributed by atoms with Crippen LogP contribution in [0.4, 0.5) is 13.2 Å². The van der Waals surface area contributed by atoms with Crippen molar-refractivity contribution in [1.29, 1.82) is 0 Å². The molecular weight excluding hydrogens is 377 g/mol. The van der Waals surface area contributed by atoms with Crippen LogP contribution in [-0.2, 0) is 4.74 Å². The van der Waals surface area contributed by atoms with Gasteiger partial charge in [-0.2, -0.15) is 0 Å². The van der Waals surface area contributed by atoms with Crippen LogP contribution in [0.3, 0.4) is 0 Å². The molecule has 2 aromatic rings. The second-order valence-corrected chi connectivity index (χ2v) is 7.67. The van der Waals surface area contributed by atoms with Gasteiger partial charge in [-0.05, 0) is 49.8 Å². The first-order valence-corrected chi connectivity index (χ1v) is 10.6. The van der Waals surface area contributed by atoms with Crippen LogP contribution in [0.1, 0.15) is 64.0 Å². The Kier molecular flexibility index (Phi) is 7.59.